The van der Waals surface area contributed by atoms with Gasteiger partial charge in [0.2, 0.25) is 0 Å². The lowest BCUT2D eigenvalue weighted by Crippen LogP contribution is -2.41. The third kappa shape index (κ3) is 5.32. The summed E-state index contributed by atoms with van der Waals surface area (Å²) in [5.74, 6) is -0.181. The first-order valence-electron chi connectivity index (χ1n) is 9.28. The molecule has 0 aliphatic carbocycles. The van der Waals surface area contributed by atoms with Crippen LogP contribution in [0.3, 0.4) is 0 Å². The van der Waals surface area contributed by atoms with Crippen LogP contribution in [0.4, 0.5) is 0 Å². The number of unbranched alkanes of at least 4 members (excludes halogenated alkanes) is 1. The molecule has 1 aliphatic heterocycles. The van der Waals surface area contributed by atoms with Crippen molar-refractivity contribution >= 4 is 21.9 Å². The fourth-order valence-electron chi connectivity index (χ4n) is 3.19. The lowest BCUT2D eigenvalue weighted by atomic mass is 9.98. The van der Waals surface area contributed by atoms with Crippen molar-refractivity contribution in [3.63, 3.8) is 0 Å². The summed E-state index contributed by atoms with van der Waals surface area (Å²) in [5, 5.41) is 2.23. The average Bonchev–Trinajstić information content (AvgIpc) is 2.93. The number of carbonyl (C=O) groups excluding carboxylic acids is 1. The SMILES string of the molecule is CCCCN1NC(Cc2ccc(Br)cc2)=C(C(=O)OCC)C1CCC. The van der Waals surface area contributed by atoms with E-state index in [0.717, 1.165) is 48.0 Å². The van der Waals surface area contributed by atoms with Crippen LogP contribution in [0.15, 0.2) is 40.0 Å². The molecule has 1 unspecified atom stereocenters. The molecule has 1 heterocycles. The van der Waals surface area contributed by atoms with Crippen molar-refractivity contribution in [3.8, 4) is 0 Å². The Balaban J connectivity index is 2.29. The molecular formula is C20H29BrN2O2. The number of allylic oxidation sites excluding steroid dienone is 1. The molecule has 1 N–H and O–H groups in total. The summed E-state index contributed by atoms with van der Waals surface area (Å²) in [6.45, 7) is 7.55. The zero-order valence-corrected chi connectivity index (χ0v) is 17.1. The number of nitrogens with zero attached hydrogens (tertiary/aromatic N) is 1. The molecule has 0 amide bonds. The van der Waals surface area contributed by atoms with E-state index in [4.69, 9.17) is 4.74 Å². The Hall–Kier alpha value is -1.33. The molecule has 1 aromatic rings. The number of hydrogen-bond acceptors (Lipinski definition) is 4. The number of esters is 1. The Morgan fingerprint density at radius 3 is 2.52 bits per heavy atom. The van der Waals surface area contributed by atoms with Gasteiger partial charge in [0.1, 0.15) is 0 Å². The van der Waals surface area contributed by atoms with Gasteiger partial charge in [-0.15, -0.1) is 0 Å². The molecule has 0 spiro atoms. The minimum absolute atomic E-state index is 0.0982. The molecule has 0 aromatic heterocycles. The van der Waals surface area contributed by atoms with E-state index in [2.05, 4.69) is 52.3 Å². The summed E-state index contributed by atoms with van der Waals surface area (Å²) in [6, 6.07) is 8.34. The van der Waals surface area contributed by atoms with Crippen LogP contribution in [0.5, 0.6) is 0 Å². The number of hydrazine groups is 1. The first-order valence-corrected chi connectivity index (χ1v) is 10.1. The molecule has 1 atom stereocenters. The Morgan fingerprint density at radius 1 is 1.20 bits per heavy atom. The van der Waals surface area contributed by atoms with Crippen molar-refractivity contribution in [1.82, 2.24) is 10.4 Å². The molecule has 4 nitrogen and oxygen atoms in total. The molecular weight excluding hydrogens is 380 g/mol. The van der Waals surface area contributed by atoms with Gasteiger partial charge >= 0.3 is 5.97 Å². The summed E-state index contributed by atoms with van der Waals surface area (Å²) in [6.07, 6.45) is 4.94. The fraction of sp³-hybridized carbons (Fsp3) is 0.550. The van der Waals surface area contributed by atoms with E-state index in [0.29, 0.717) is 13.0 Å². The fourth-order valence-corrected chi connectivity index (χ4v) is 3.46. The normalized spacial score (nSPS) is 17.7. The van der Waals surface area contributed by atoms with Crippen molar-refractivity contribution in [2.24, 2.45) is 0 Å². The maximum absolute atomic E-state index is 12.7. The van der Waals surface area contributed by atoms with Crippen molar-refractivity contribution in [2.45, 2.75) is 58.9 Å². The van der Waals surface area contributed by atoms with Gasteiger partial charge in [0.25, 0.3) is 0 Å². The molecule has 0 radical (unpaired) electrons. The highest BCUT2D eigenvalue weighted by Crippen LogP contribution is 2.28. The van der Waals surface area contributed by atoms with E-state index in [-0.39, 0.29) is 12.0 Å². The van der Waals surface area contributed by atoms with Gasteiger partial charge in [-0.25, -0.2) is 9.80 Å². The van der Waals surface area contributed by atoms with Crippen LogP contribution in [0, 0.1) is 0 Å². The number of benzene rings is 1. The third-order valence-corrected chi connectivity index (χ3v) is 4.95. The number of nitrogens with one attached hydrogen (secondary N) is 1. The van der Waals surface area contributed by atoms with Crippen LogP contribution in [0.2, 0.25) is 0 Å². The van der Waals surface area contributed by atoms with Crippen LogP contribution in [-0.4, -0.2) is 30.2 Å². The van der Waals surface area contributed by atoms with E-state index in [1.54, 1.807) is 0 Å². The third-order valence-electron chi connectivity index (χ3n) is 4.42. The van der Waals surface area contributed by atoms with Gasteiger partial charge in [-0.2, -0.15) is 0 Å². The van der Waals surface area contributed by atoms with Crippen molar-refractivity contribution in [3.05, 3.63) is 45.6 Å². The molecule has 0 bridgehead atoms. The largest absolute Gasteiger partial charge is 0.463 e. The molecule has 0 saturated carbocycles. The second-order valence-corrected chi connectivity index (χ2v) is 7.29. The summed E-state index contributed by atoms with van der Waals surface area (Å²) >= 11 is 3.47. The molecule has 2 rings (SSSR count). The van der Waals surface area contributed by atoms with Crippen molar-refractivity contribution in [2.75, 3.05) is 13.2 Å². The van der Waals surface area contributed by atoms with Gasteiger partial charge in [-0.1, -0.05) is 54.8 Å². The maximum Gasteiger partial charge on any atom is 0.337 e. The summed E-state index contributed by atoms with van der Waals surface area (Å²) in [7, 11) is 0. The summed E-state index contributed by atoms with van der Waals surface area (Å²) in [4.78, 5) is 12.7. The lowest BCUT2D eigenvalue weighted by molar-refractivity contribution is -0.139. The van der Waals surface area contributed by atoms with Gasteiger partial charge in [-0.3, -0.25) is 0 Å². The van der Waals surface area contributed by atoms with E-state index in [9.17, 15) is 4.79 Å². The van der Waals surface area contributed by atoms with Crippen LogP contribution in [0.1, 0.15) is 52.0 Å². The number of rotatable bonds is 9. The highest BCUT2D eigenvalue weighted by molar-refractivity contribution is 9.10. The molecule has 1 aromatic carbocycles. The Labute approximate surface area is 159 Å². The number of ether oxygens (including phenoxy) is 1. The average molecular weight is 409 g/mol. The maximum atomic E-state index is 12.7. The summed E-state index contributed by atoms with van der Waals surface area (Å²) in [5.41, 5.74) is 6.48. The minimum atomic E-state index is -0.181. The van der Waals surface area contributed by atoms with Crippen LogP contribution < -0.4 is 5.43 Å². The number of halogens is 1. The van der Waals surface area contributed by atoms with Crippen LogP contribution in [-0.2, 0) is 16.0 Å². The van der Waals surface area contributed by atoms with E-state index >= 15 is 0 Å². The van der Waals surface area contributed by atoms with Gasteiger partial charge in [0.15, 0.2) is 0 Å². The zero-order chi connectivity index (χ0) is 18.2. The molecule has 0 fully saturated rings. The quantitative estimate of drug-likeness (QED) is 0.606. The molecule has 5 heteroatoms. The van der Waals surface area contributed by atoms with Crippen LogP contribution >= 0.6 is 15.9 Å². The van der Waals surface area contributed by atoms with Crippen molar-refractivity contribution < 1.29 is 9.53 Å². The second kappa shape index (κ2) is 9.97. The highest BCUT2D eigenvalue weighted by atomic mass is 79.9. The number of hydrogen-bond donors (Lipinski definition) is 1. The first-order chi connectivity index (χ1) is 12.1. The number of carbonyl (C=O) groups is 1. The topological polar surface area (TPSA) is 41.6 Å². The van der Waals surface area contributed by atoms with Crippen molar-refractivity contribution in [1.29, 1.82) is 0 Å². The van der Waals surface area contributed by atoms with Crippen LogP contribution in [0.25, 0.3) is 0 Å². The zero-order valence-electron chi connectivity index (χ0n) is 15.5. The predicted molar refractivity (Wildman–Crippen MR) is 105 cm³/mol. The van der Waals surface area contributed by atoms with E-state index in [1.807, 2.05) is 19.1 Å². The van der Waals surface area contributed by atoms with Gasteiger partial charge in [0, 0.05) is 23.1 Å². The monoisotopic (exact) mass is 408 g/mol. The summed E-state index contributed by atoms with van der Waals surface area (Å²) < 4.78 is 6.43. The Bertz CT molecular complexity index is 598. The van der Waals surface area contributed by atoms with E-state index in [1.165, 1.54) is 5.56 Å². The molecule has 138 valence electrons. The second-order valence-electron chi connectivity index (χ2n) is 6.38. The first kappa shape index (κ1) is 20.0. The smallest absolute Gasteiger partial charge is 0.337 e. The standard InChI is InChI=1S/C20H29BrN2O2/c1-4-7-13-23-18(8-5-2)19(20(24)25-6-3)17(22-23)14-15-9-11-16(21)12-10-15/h9-12,18,22H,4-8,13-14H2,1-3H3. The van der Waals surface area contributed by atoms with E-state index < -0.39 is 0 Å². The van der Waals surface area contributed by atoms with Gasteiger partial charge in [0.05, 0.1) is 18.2 Å². The predicted octanol–water partition coefficient (Wildman–Crippen LogP) is 4.60. The molecule has 0 saturated heterocycles. The molecule has 1 aliphatic rings. The molecule has 25 heavy (non-hydrogen) atoms. The van der Waals surface area contributed by atoms with Gasteiger partial charge in [-0.05, 0) is 37.5 Å². The Morgan fingerprint density at radius 2 is 1.92 bits per heavy atom. The highest BCUT2D eigenvalue weighted by Gasteiger charge is 2.36. The van der Waals surface area contributed by atoms with Gasteiger partial charge < -0.3 is 10.2 Å². The minimum Gasteiger partial charge on any atom is -0.463 e. The Kier molecular flexibility index (Phi) is 7.97. The lowest BCUT2D eigenvalue weighted by Gasteiger charge is -2.25.